The van der Waals surface area contributed by atoms with Crippen molar-refractivity contribution in [1.29, 1.82) is 0 Å². The molecule has 0 saturated heterocycles. The van der Waals surface area contributed by atoms with Gasteiger partial charge in [-0.25, -0.2) is 5.43 Å². The van der Waals surface area contributed by atoms with Gasteiger partial charge >= 0.3 is 0 Å². The summed E-state index contributed by atoms with van der Waals surface area (Å²) in [5.74, 6) is 10.9. The third-order valence-corrected chi connectivity index (χ3v) is 22.7. The molecule has 14 aliphatic rings. The number of phenolic OH excluding ortho intramolecular Hbond substituents is 2. The van der Waals surface area contributed by atoms with Crippen molar-refractivity contribution in [2.75, 3.05) is 0 Å². The first kappa shape index (κ1) is 45.3. The van der Waals surface area contributed by atoms with E-state index in [0.717, 1.165) is 80.5 Å². The molecule has 358 valence electrons. The number of rotatable bonds is 3. The fraction of sp³-hybridized carbons (Fsp3) is 0.750. The number of ketones is 1. The van der Waals surface area contributed by atoms with Gasteiger partial charge < -0.3 is 10.2 Å². The van der Waals surface area contributed by atoms with Gasteiger partial charge in [0.1, 0.15) is 17.3 Å². The second-order valence-corrected chi connectivity index (χ2v) is 26.0. The lowest BCUT2D eigenvalue weighted by Gasteiger charge is -2.57. The summed E-state index contributed by atoms with van der Waals surface area (Å²) in [6, 6.07) is 9.39. The monoisotopic (exact) mass is 897 g/mol. The zero-order valence-electron chi connectivity index (χ0n) is 39.4. The van der Waals surface area contributed by atoms with Gasteiger partial charge in [0.25, 0.3) is 0 Å². The summed E-state index contributed by atoms with van der Waals surface area (Å²) in [6.07, 6.45) is 29.9. The van der Waals surface area contributed by atoms with Crippen LogP contribution in [0.25, 0.3) is 0 Å². The minimum absolute atomic E-state index is 0. The Morgan fingerprint density at radius 2 is 0.985 bits per heavy atom. The largest absolute Gasteiger partial charge is 0.508 e. The van der Waals surface area contributed by atoms with E-state index in [9.17, 15) is 19.8 Å². The fourth-order valence-electron chi connectivity index (χ4n) is 20.8. The highest BCUT2D eigenvalue weighted by molar-refractivity contribution is 5.93. The van der Waals surface area contributed by atoms with E-state index in [-0.39, 0.29) is 42.4 Å². The van der Waals surface area contributed by atoms with Crippen molar-refractivity contribution in [1.82, 2.24) is 5.43 Å². The van der Waals surface area contributed by atoms with Gasteiger partial charge in [0, 0.05) is 41.0 Å². The first-order valence-electron chi connectivity index (χ1n) is 26.9. The van der Waals surface area contributed by atoms with Crippen LogP contribution in [0.2, 0.25) is 0 Å². The zero-order chi connectivity index (χ0) is 43.5. The number of nitrogens with one attached hydrogen (secondary N) is 1. The van der Waals surface area contributed by atoms with Gasteiger partial charge in [-0.15, -0.1) is 0 Å². The number of nitrogens with zero attached hydrogens (tertiary/aromatic N) is 1. The van der Waals surface area contributed by atoms with Gasteiger partial charge in [0.15, 0.2) is 0 Å². The number of Topliss-reactive ketones (excluding diaryl/α,β-unsaturated/α-hetero) is 1. The highest BCUT2D eigenvalue weighted by Crippen LogP contribution is 2.66. The van der Waals surface area contributed by atoms with E-state index in [0.29, 0.717) is 52.8 Å². The number of hydrogen-bond donors (Lipinski definition) is 3. The maximum Gasteiger partial charge on any atom is 0.236 e. The van der Waals surface area contributed by atoms with Crippen LogP contribution in [0.4, 0.5) is 0 Å². The predicted molar refractivity (Wildman–Crippen MR) is 265 cm³/mol. The summed E-state index contributed by atoms with van der Waals surface area (Å²) >= 11 is 0. The molecule has 8 bridgehead atoms. The van der Waals surface area contributed by atoms with Crippen LogP contribution >= 0.6 is 0 Å². The summed E-state index contributed by atoms with van der Waals surface area (Å²) in [4.78, 5) is 24.2. The van der Waals surface area contributed by atoms with Crippen molar-refractivity contribution in [2.24, 2.45) is 75.1 Å². The lowest BCUT2D eigenvalue weighted by molar-refractivity contribution is -0.129. The molecule has 66 heavy (non-hydrogen) atoms. The summed E-state index contributed by atoms with van der Waals surface area (Å²) in [6.45, 7) is 6.23. The fourth-order valence-corrected chi connectivity index (χ4v) is 20.8. The van der Waals surface area contributed by atoms with Crippen molar-refractivity contribution in [3.63, 3.8) is 0 Å². The molecule has 0 radical (unpaired) electrons. The average Bonchev–Trinajstić information content (AvgIpc) is 3.75. The van der Waals surface area contributed by atoms with Crippen molar-refractivity contribution in [3.05, 3.63) is 57.6 Å². The van der Waals surface area contributed by atoms with Crippen molar-refractivity contribution >= 4 is 17.4 Å². The number of aromatic hydroxyl groups is 2. The van der Waals surface area contributed by atoms with Gasteiger partial charge in [0.05, 0.1) is 0 Å². The van der Waals surface area contributed by atoms with Crippen molar-refractivity contribution < 1.29 is 19.8 Å². The Balaban J connectivity index is 0.000000142. The number of aryl methyl sites for hydroxylation is 2. The molecule has 8 atom stereocenters. The van der Waals surface area contributed by atoms with Crippen LogP contribution in [0.15, 0.2) is 29.4 Å². The molecule has 0 spiro atoms. The van der Waals surface area contributed by atoms with Crippen LogP contribution in [0.5, 0.6) is 11.5 Å². The number of fused-ring (bicyclic) bond motifs is 10. The molecule has 6 heteroatoms. The molecule has 12 saturated carbocycles. The minimum Gasteiger partial charge on any atom is -0.508 e. The highest BCUT2D eigenvalue weighted by Gasteiger charge is 2.58. The van der Waals surface area contributed by atoms with Gasteiger partial charge in [0.2, 0.25) is 5.91 Å². The number of hydrogen-bond acceptors (Lipinski definition) is 5. The van der Waals surface area contributed by atoms with Crippen LogP contribution < -0.4 is 5.43 Å². The first-order chi connectivity index (χ1) is 30.8. The minimum atomic E-state index is -0.0724. The number of carbonyl (C=O) groups excluding carboxylic acids is 2. The normalized spacial score (nSPS) is 45.2. The van der Waals surface area contributed by atoms with Crippen molar-refractivity contribution in [2.45, 2.75) is 212 Å². The molecular formula is C60H84N2O4. The Bertz CT molecular complexity index is 2250. The van der Waals surface area contributed by atoms with Crippen LogP contribution in [-0.4, -0.2) is 27.6 Å². The maximum atomic E-state index is 12.7. The Labute approximate surface area is 397 Å². The molecule has 12 fully saturated rings. The van der Waals surface area contributed by atoms with Gasteiger partial charge in [-0.3, -0.25) is 9.59 Å². The molecule has 2 aromatic carbocycles. The molecule has 1 amide bonds. The first-order valence-corrected chi connectivity index (χ1v) is 26.9. The zero-order valence-corrected chi connectivity index (χ0v) is 39.4. The number of amides is 1. The van der Waals surface area contributed by atoms with E-state index in [4.69, 9.17) is 0 Å². The van der Waals surface area contributed by atoms with Gasteiger partial charge in [-0.1, -0.05) is 40.8 Å². The summed E-state index contributed by atoms with van der Waals surface area (Å²) < 4.78 is 0. The molecule has 2 aromatic rings. The number of carbonyl (C=O) groups is 2. The summed E-state index contributed by atoms with van der Waals surface area (Å²) in [5, 5.41) is 27.1. The maximum absolute atomic E-state index is 12.7. The van der Waals surface area contributed by atoms with E-state index in [1.165, 1.54) is 137 Å². The number of phenols is 2. The van der Waals surface area contributed by atoms with E-state index in [1.807, 2.05) is 0 Å². The molecule has 6 unspecified atom stereocenters. The third-order valence-electron chi connectivity index (χ3n) is 22.7. The Kier molecular flexibility index (Phi) is 10.9. The van der Waals surface area contributed by atoms with Gasteiger partial charge in [-0.05, 0) is 264 Å². The number of hydrazone groups is 1. The third kappa shape index (κ3) is 6.74. The summed E-state index contributed by atoms with van der Waals surface area (Å²) in [7, 11) is 0. The highest BCUT2D eigenvalue weighted by atomic mass is 16.3. The Morgan fingerprint density at radius 3 is 1.42 bits per heavy atom. The quantitative estimate of drug-likeness (QED) is 0.267. The smallest absolute Gasteiger partial charge is 0.236 e. The Morgan fingerprint density at radius 1 is 0.576 bits per heavy atom. The molecule has 0 aromatic heterocycles. The van der Waals surface area contributed by atoms with Crippen LogP contribution in [0.1, 0.15) is 222 Å². The SMILES string of the molecule is C.C.CC(=O)N/N=C1\CCC2C3CCc4cc(O)c(C56CC7CC(CC(C7)C5)C6)cc4C3CC[C@]12C.C[C@]12CCC3c4cc(C56CC7CC(CC(C7)C5)C6)c(O)cc4CCC3C1CCC2=O. The van der Waals surface area contributed by atoms with E-state index in [2.05, 4.69) is 48.6 Å². The molecule has 0 heterocycles. The lowest BCUT2D eigenvalue weighted by atomic mass is 9.47. The molecule has 3 N–H and O–H groups in total. The van der Waals surface area contributed by atoms with Crippen LogP contribution in [-0.2, 0) is 33.3 Å². The van der Waals surface area contributed by atoms with E-state index < -0.39 is 0 Å². The second kappa shape index (κ2) is 15.9. The second-order valence-electron chi connectivity index (χ2n) is 26.0. The molecule has 0 aliphatic heterocycles. The molecule has 14 aliphatic carbocycles. The lowest BCUT2D eigenvalue weighted by Crippen LogP contribution is -2.48. The molecule has 16 rings (SSSR count). The van der Waals surface area contributed by atoms with Crippen LogP contribution in [0.3, 0.4) is 0 Å². The average molecular weight is 897 g/mol. The van der Waals surface area contributed by atoms with E-state index in [1.54, 1.807) is 18.1 Å². The summed E-state index contributed by atoms with van der Waals surface area (Å²) in [5.41, 5.74) is 13.1. The van der Waals surface area contributed by atoms with E-state index >= 15 is 0 Å². The topological polar surface area (TPSA) is 99.0 Å². The van der Waals surface area contributed by atoms with Crippen molar-refractivity contribution in [3.8, 4) is 11.5 Å². The predicted octanol–water partition coefficient (Wildman–Crippen LogP) is 13.8. The molecular weight excluding hydrogens is 813 g/mol. The van der Waals surface area contributed by atoms with Gasteiger partial charge in [-0.2, -0.15) is 5.10 Å². The molecule has 6 nitrogen and oxygen atoms in total. The Hall–Kier alpha value is -3.15. The van der Waals surface area contributed by atoms with Crippen LogP contribution in [0, 0.1) is 70.0 Å². The number of benzene rings is 2. The standard InChI is InChI=1S/C30H40N2O2.C28H36O2.2CH4/c1-17(33)31-32-28-6-5-25-23-4-3-21-12-27(34)26(13-24(21)22(23)7-8-29(25,28)2)30-14-18-9-19(15-30)11-20(10-18)16-30;1-27-7-6-20-21(23(27)4-5-26(27)30)3-2-19-11-25(29)24(12-22(19)20)28-13-16-8-17(14-28)10-18(9-16)15-28;;/h12-13,18-20,22-23,25,34H,3-11,14-16H2,1-2H3,(H,31,33);11-12,16-18,20-21,23,29H,2-10,13-15H2,1H3;2*1H4/b32-28+;;;/t18?,19?,20?,22?,23?,25?,29-,30?;16?,17?,18?,20?,21?,23?,27-,28?;;/m00../s1.